The van der Waals surface area contributed by atoms with Gasteiger partial charge in [-0.3, -0.25) is 0 Å². The first-order valence-corrected chi connectivity index (χ1v) is 6.37. The van der Waals surface area contributed by atoms with Gasteiger partial charge in [-0.15, -0.1) is 0 Å². The Morgan fingerprint density at radius 2 is 2.29 bits per heavy atom. The molecule has 1 aliphatic rings. The van der Waals surface area contributed by atoms with Gasteiger partial charge in [0.05, 0.1) is 19.8 Å². The van der Waals surface area contributed by atoms with E-state index in [1.54, 1.807) is 7.11 Å². The molecule has 0 aromatic heterocycles. The van der Waals surface area contributed by atoms with Crippen molar-refractivity contribution in [2.45, 2.75) is 18.1 Å². The second kappa shape index (κ2) is 8.53. The molecule has 0 aliphatic carbocycles. The highest BCUT2D eigenvalue weighted by atomic mass is 32.2. The Bertz CT molecular complexity index is 129. The standard InChI is InChI=1S/C10H21NO2S/c1-12-6-7-13-5-4-11-9-10-3-2-8-14-10/h10-11H,2-9H2,1H3. The van der Waals surface area contributed by atoms with Crippen LogP contribution in [0.3, 0.4) is 0 Å². The van der Waals surface area contributed by atoms with E-state index in [-0.39, 0.29) is 0 Å². The molecule has 0 amide bonds. The lowest BCUT2D eigenvalue weighted by Crippen LogP contribution is -2.27. The highest BCUT2D eigenvalue weighted by molar-refractivity contribution is 8.00. The van der Waals surface area contributed by atoms with Gasteiger partial charge in [0.15, 0.2) is 0 Å². The predicted molar refractivity (Wildman–Crippen MR) is 61.0 cm³/mol. The van der Waals surface area contributed by atoms with Crippen LogP contribution in [0.4, 0.5) is 0 Å². The van der Waals surface area contributed by atoms with Gasteiger partial charge in [-0.2, -0.15) is 11.8 Å². The molecular formula is C10H21NO2S. The maximum absolute atomic E-state index is 5.34. The summed E-state index contributed by atoms with van der Waals surface area (Å²) in [6, 6.07) is 0. The summed E-state index contributed by atoms with van der Waals surface area (Å²) in [5.41, 5.74) is 0. The summed E-state index contributed by atoms with van der Waals surface area (Å²) in [6.07, 6.45) is 2.77. The minimum atomic E-state index is 0.693. The van der Waals surface area contributed by atoms with Gasteiger partial charge in [-0.1, -0.05) is 0 Å². The first-order valence-electron chi connectivity index (χ1n) is 5.32. The Kier molecular flexibility index (Phi) is 7.50. The maximum Gasteiger partial charge on any atom is 0.0700 e. The highest BCUT2D eigenvalue weighted by Gasteiger charge is 2.14. The topological polar surface area (TPSA) is 30.5 Å². The number of hydrogen-bond acceptors (Lipinski definition) is 4. The lowest BCUT2D eigenvalue weighted by molar-refractivity contribution is 0.0720. The fourth-order valence-corrected chi connectivity index (χ4v) is 2.69. The van der Waals surface area contributed by atoms with E-state index in [2.05, 4.69) is 17.1 Å². The number of hydrogen-bond donors (Lipinski definition) is 1. The molecule has 0 spiro atoms. The minimum absolute atomic E-state index is 0.693. The quantitative estimate of drug-likeness (QED) is 0.620. The Morgan fingerprint density at radius 1 is 1.36 bits per heavy atom. The molecule has 0 saturated carbocycles. The lowest BCUT2D eigenvalue weighted by atomic mass is 10.2. The van der Waals surface area contributed by atoms with Crippen molar-refractivity contribution in [3.63, 3.8) is 0 Å². The van der Waals surface area contributed by atoms with Crippen LogP contribution in [0.15, 0.2) is 0 Å². The monoisotopic (exact) mass is 219 g/mol. The Labute approximate surface area is 90.9 Å². The Morgan fingerprint density at radius 3 is 3.00 bits per heavy atom. The molecule has 0 bridgehead atoms. The fourth-order valence-electron chi connectivity index (χ4n) is 1.46. The largest absolute Gasteiger partial charge is 0.382 e. The molecule has 0 aromatic rings. The molecule has 0 radical (unpaired) electrons. The molecule has 1 aliphatic heterocycles. The molecule has 1 rings (SSSR count). The SMILES string of the molecule is COCCOCCNCC1CCCS1. The average molecular weight is 219 g/mol. The van der Waals surface area contributed by atoms with Crippen molar-refractivity contribution in [3.05, 3.63) is 0 Å². The molecule has 84 valence electrons. The van der Waals surface area contributed by atoms with E-state index in [0.717, 1.165) is 24.9 Å². The Hall–Kier alpha value is 0.230. The zero-order valence-electron chi connectivity index (χ0n) is 8.96. The number of methoxy groups -OCH3 is 1. The van der Waals surface area contributed by atoms with Crippen LogP contribution in [0.25, 0.3) is 0 Å². The van der Waals surface area contributed by atoms with Crippen molar-refractivity contribution >= 4 is 11.8 Å². The summed E-state index contributed by atoms with van der Waals surface area (Å²) in [5.74, 6) is 1.34. The highest BCUT2D eigenvalue weighted by Crippen LogP contribution is 2.24. The zero-order chi connectivity index (χ0) is 10.1. The van der Waals surface area contributed by atoms with Crippen molar-refractivity contribution in [3.8, 4) is 0 Å². The molecule has 1 saturated heterocycles. The van der Waals surface area contributed by atoms with Crippen molar-refractivity contribution in [2.24, 2.45) is 0 Å². The fraction of sp³-hybridized carbons (Fsp3) is 1.00. The average Bonchev–Trinajstić information content (AvgIpc) is 2.69. The van der Waals surface area contributed by atoms with Crippen LogP contribution in [0.2, 0.25) is 0 Å². The summed E-state index contributed by atoms with van der Waals surface area (Å²) in [4.78, 5) is 0. The van der Waals surface area contributed by atoms with Crippen LogP contribution < -0.4 is 5.32 Å². The third-order valence-corrected chi connectivity index (χ3v) is 3.65. The van der Waals surface area contributed by atoms with E-state index in [1.165, 1.54) is 18.6 Å². The number of ether oxygens (including phenoxy) is 2. The normalized spacial score (nSPS) is 21.6. The van der Waals surface area contributed by atoms with Crippen LogP contribution in [-0.2, 0) is 9.47 Å². The third kappa shape index (κ3) is 5.86. The van der Waals surface area contributed by atoms with Gasteiger partial charge in [-0.05, 0) is 18.6 Å². The minimum Gasteiger partial charge on any atom is -0.382 e. The van der Waals surface area contributed by atoms with E-state index >= 15 is 0 Å². The van der Waals surface area contributed by atoms with Crippen molar-refractivity contribution in [1.82, 2.24) is 5.32 Å². The lowest BCUT2D eigenvalue weighted by Gasteiger charge is -2.09. The van der Waals surface area contributed by atoms with Crippen LogP contribution >= 0.6 is 11.8 Å². The van der Waals surface area contributed by atoms with Gasteiger partial charge in [0.2, 0.25) is 0 Å². The molecular weight excluding hydrogens is 198 g/mol. The van der Waals surface area contributed by atoms with Gasteiger partial charge >= 0.3 is 0 Å². The second-order valence-corrected chi connectivity index (χ2v) is 4.85. The van der Waals surface area contributed by atoms with Gasteiger partial charge in [0.25, 0.3) is 0 Å². The molecule has 4 heteroatoms. The Balaban J connectivity index is 1.75. The molecule has 3 nitrogen and oxygen atoms in total. The summed E-state index contributed by atoms with van der Waals surface area (Å²) in [5, 5.41) is 4.26. The third-order valence-electron chi connectivity index (χ3n) is 2.25. The van der Waals surface area contributed by atoms with Crippen molar-refractivity contribution in [2.75, 3.05) is 45.8 Å². The summed E-state index contributed by atoms with van der Waals surface area (Å²) >= 11 is 2.09. The van der Waals surface area contributed by atoms with E-state index < -0.39 is 0 Å². The number of thioether (sulfide) groups is 1. The van der Waals surface area contributed by atoms with Crippen molar-refractivity contribution < 1.29 is 9.47 Å². The predicted octanol–water partition coefficient (Wildman–Crippen LogP) is 1.13. The molecule has 1 unspecified atom stereocenters. The van der Waals surface area contributed by atoms with E-state index in [4.69, 9.17) is 9.47 Å². The van der Waals surface area contributed by atoms with E-state index in [9.17, 15) is 0 Å². The molecule has 1 N–H and O–H groups in total. The van der Waals surface area contributed by atoms with Crippen molar-refractivity contribution in [1.29, 1.82) is 0 Å². The summed E-state index contributed by atoms with van der Waals surface area (Å²) < 4.78 is 10.2. The summed E-state index contributed by atoms with van der Waals surface area (Å²) in [6.45, 7) is 4.29. The van der Waals surface area contributed by atoms with E-state index in [0.29, 0.717) is 13.2 Å². The van der Waals surface area contributed by atoms with Crippen LogP contribution in [0.5, 0.6) is 0 Å². The molecule has 1 atom stereocenters. The first-order chi connectivity index (χ1) is 6.93. The number of nitrogens with one attached hydrogen (secondary N) is 1. The zero-order valence-corrected chi connectivity index (χ0v) is 9.78. The van der Waals surface area contributed by atoms with E-state index in [1.807, 2.05) is 0 Å². The molecule has 14 heavy (non-hydrogen) atoms. The second-order valence-electron chi connectivity index (χ2n) is 3.44. The van der Waals surface area contributed by atoms with Crippen LogP contribution in [0, 0.1) is 0 Å². The smallest absolute Gasteiger partial charge is 0.0700 e. The maximum atomic E-state index is 5.34. The summed E-state index contributed by atoms with van der Waals surface area (Å²) in [7, 11) is 1.69. The van der Waals surface area contributed by atoms with Gasteiger partial charge < -0.3 is 14.8 Å². The van der Waals surface area contributed by atoms with Gasteiger partial charge in [-0.25, -0.2) is 0 Å². The van der Waals surface area contributed by atoms with Crippen LogP contribution in [0.1, 0.15) is 12.8 Å². The van der Waals surface area contributed by atoms with Crippen LogP contribution in [-0.4, -0.2) is 51.0 Å². The number of rotatable bonds is 8. The molecule has 0 aromatic carbocycles. The van der Waals surface area contributed by atoms with Gasteiger partial charge in [0.1, 0.15) is 0 Å². The molecule has 1 heterocycles. The first kappa shape index (κ1) is 12.3. The molecule has 1 fully saturated rings. The van der Waals surface area contributed by atoms with Gasteiger partial charge in [0, 0.05) is 25.4 Å².